The Balaban J connectivity index is 2.50. The van der Waals surface area contributed by atoms with Gasteiger partial charge in [-0.1, -0.05) is 0 Å². The van der Waals surface area contributed by atoms with Crippen LogP contribution in [0.4, 0.5) is 0 Å². The summed E-state index contributed by atoms with van der Waals surface area (Å²) in [5, 5.41) is 2.85. The molecule has 1 aromatic rings. The maximum atomic E-state index is 11.9. The van der Waals surface area contributed by atoms with Gasteiger partial charge in [-0.3, -0.25) is 4.79 Å². The van der Waals surface area contributed by atoms with E-state index in [1.165, 1.54) is 0 Å². The molecule has 0 spiro atoms. The summed E-state index contributed by atoms with van der Waals surface area (Å²) in [6.45, 7) is 3.92. The summed E-state index contributed by atoms with van der Waals surface area (Å²) in [4.78, 5) is 11.9. The van der Waals surface area contributed by atoms with Gasteiger partial charge in [0, 0.05) is 24.2 Å². The zero-order valence-electron chi connectivity index (χ0n) is 10.7. The normalized spacial score (nSPS) is 10.2. The Morgan fingerprint density at radius 1 is 1.44 bits per heavy atom. The van der Waals surface area contributed by atoms with Gasteiger partial charge in [-0.2, -0.15) is 0 Å². The van der Waals surface area contributed by atoms with E-state index >= 15 is 0 Å². The van der Waals surface area contributed by atoms with E-state index in [1.807, 2.05) is 6.92 Å². The van der Waals surface area contributed by atoms with Gasteiger partial charge in [-0.05, 0) is 47.5 Å². The van der Waals surface area contributed by atoms with Crippen molar-refractivity contribution in [2.75, 3.05) is 26.9 Å². The fourth-order valence-corrected chi connectivity index (χ4v) is 1.85. The Labute approximate surface area is 116 Å². The smallest absolute Gasteiger partial charge is 0.252 e. The molecule has 0 aliphatic rings. The van der Waals surface area contributed by atoms with Crippen LogP contribution in [0.15, 0.2) is 22.7 Å². The van der Waals surface area contributed by atoms with Crippen LogP contribution in [0.5, 0.6) is 5.75 Å². The number of halogens is 1. The molecule has 0 atom stereocenters. The highest BCUT2D eigenvalue weighted by molar-refractivity contribution is 9.10. The maximum Gasteiger partial charge on any atom is 0.252 e. The van der Waals surface area contributed by atoms with Crippen molar-refractivity contribution in [2.45, 2.75) is 13.3 Å². The second-order valence-electron chi connectivity index (χ2n) is 3.65. The number of amides is 1. The largest absolute Gasteiger partial charge is 0.497 e. The summed E-state index contributed by atoms with van der Waals surface area (Å²) in [5.74, 6) is 0.551. The predicted octanol–water partition coefficient (Wildman–Crippen LogP) is 2.61. The van der Waals surface area contributed by atoms with Gasteiger partial charge in [0.05, 0.1) is 12.7 Å². The van der Waals surface area contributed by atoms with Crippen molar-refractivity contribution in [1.82, 2.24) is 5.32 Å². The van der Waals surface area contributed by atoms with E-state index in [0.29, 0.717) is 31.1 Å². The van der Waals surface area contributed by atoms with Gasteiger partial charge in [-0.15, -0.1) is 0 Å². The van der Waals surface area contributed by atoms with Crippen molar-refractivity contribution in [3.05, 3.63) is 28.2 Å². The summed E-state index contributed by atoms with van der Waals surface area (Å²) < 4.78 is 11.1. The Kier molecular flexibility index (Phi) is 6.75. The summed E-state index contributed by atoms with van der Waals surface area (Å²) in [5.41, 5.74) is 0.575. The molecule has 4 nitrogen and oxygen atoms in total. The average Bonchev–Trinajstić information content (AvgIpc) is 2.39. The van der Waals surface area contributed by atoms with Crippen molar-refractivity contribution in [2.24, 2.45) is 0 Å². The van der Waals surface area contributed by atoms with Crippen LogP contribution >= 0.6 is 15.9 Å². The van der Waals surface area contributed by atoms with E-state index in [0.717, 1.165) is 10.9 Å². The molecule has 18 heavy (non-hydrogen) atoms. The van der Waals surface area contributed by atoms with E-state index in [1.54, 1.807) is 25.3 Å². The fraction of sp³-hybridized carbons (Fsp3) is 0.462. The van der Waals surface area contributed by atoms with Crippen LogP contribution in [0, 0.1) is 0 Å². The monoisotopic (exact) mass is 315 g/mol. The first-order valence-electron chi connectivity index (χ1n) is 5.88. The number of carbonyl (C=O) groups excluding carboxylic acids is 1. The Morgan fingerprint density at radius 2 is 2.22 bits per heavy atom. The molecule has 1 rings (SSSR count). The van der Waals surface area contributed by atoms with Gasteiger partial charge in [0.2, 0.25) is 0 Å². The molecule has 0 radical (unpaired) electrons. The quantitative estimate of drug-likeness (QED) is 0.787. The zero-order chi connectivity index (χ0) is 13.4. The molecule has 0 fully saturated rings. The fourth-order valence-electron chi connectivity index (χ4n) is 1.42. The molecular weight excluding hydrogens is 298 g/mol. The number of benzene rings is 1. The van der Waals surface area contributed by atoms with Crippen LogP contribution in [0.1, 0.15) is 23.7 Å². The Bertz CT molecular complexity index is 396. The van der Waals surface area contributed by atoms with Crippen molar-refractivity contribution in [3.8, 4) is 5.75 Å². The van der Waals surface area contributed by atoms with Crippen LogP contribution < -0.4 is 10.1 Å². The molecule has 0 aromatic heterocycles. The molecule has 1 amide bonds. The minimum absolute atomic E-state index is 0.114. The lowest BCUT2D eigenvalue weighted by Crippen LogP contribution is -2.25. The maximum absolute atomic E-state index is 11.9. The molecule has 1 aromatic carbocycles. The molecule has 0 saturated heterocycles. The molecule has 1 N–H and O–H groups in total. The Hall–Kier alpha value is -1.07. The van der Waals surface area contributed by atoms with Crippen LogP contribution in [0.25, 0.3) is 0 Å². The van der Waals surface area contributed by atoms with Gasteiger partial charge in [0.1, 0.15) is 5.75 Å². The highest BCUT2D eigenvalue weighted by Gasteiger charge is 2.10. The number of carbonyl (C=O) groups is 1. The van der Waals surface area contributed by atoms with Crippen molar-refractivity contribution in [3.63, 3.8) is 0 Å². The van der Waals surface area contributed by atoms with Crippen molar-refractivity contribution in [1.29, 1.82) is 0 Å². The predicted molar refractivity (Wildman–Crippen MR) is 74.1 cm³/mol. The van der Waals surface area contributed by atoms with E-state index in [2.05, 4.69) is 21.2 Å². The standard InChI is InChI=1S/C13H18BrNO3/c1-3-18-8-4-7-15-13(16)11-9-10(17-2)5-6-12(11)14/h5-6,9H,3-4,7-8H2,1-2H3,(H,15,16). The van der Waals surface area contributed by atoms with Crippen LogP contribution in [0.2, 0.25) is 0 Å². The molecule has 0 bridgehead atoms. The molecule has 100 valence electrons. The van der Waals surface area contributed by atoms with Crippen LogP contribution in [-0.4, -0.2) is 32.8 Å². The lowest BCUT2D eigenvalue weighted by Gasteiger charge is -2.08. The number of methoxy groups -OCH3 is 1. The lowest BCUT2D eigenvalue weighted by atomic mass is 10.2. The molecule has 0 aliphatic heterocycles. The number of ether oxygens (including phenoxy) is 2. The number of hydrogen-bond acceptors (Lipinski definition) is 3. The van der Waals surface area contributed by atoms with Crippen LogP contribution in [-0.2, 0) is 4.74 Å². The third-order valence-electron chi connectivity index (χ3n) is 2.37. The third kappa shape index (κ3) is 4.66. The summed E-state index contributed by atoms with van der Waals surface area (Å²) >= 11 is 3.35. The highest BCUT2D eigenvalue weighted by atomic mass is 79.9. The van der Waals surface area contributed by atoms with Gasteiger partial charge in [0.25, 0.3) is 5.91 Å². The number of hydrogen-bond donors (Lipinski definition) is 1. The minimum Gasteiger partial charge on any atom is -0.497 e. The lowest BCUT2D eigenvalue weighted by molar-refractivity contribution is 0.0943. The zero-order valence-corrected chi connectivity index (χ0v) is 12.2. The van der Waals surface area contributed by atoms with E-state index in [9.17, 15) is 4.79 Å². The molecule has 0 heterocycles. The van der Waals surface area contributed by atoms with Gasteiger partial charge >= 0.3 is 0 Å². The van der Waals surface area contributed by atoms with Gasteiger partial charge < -0.3 is 14.8 Å². The molecule has 0 unspecified atom stereocenters. The van der Waals surface area contributed by atoms with Gasteiger partial charge in [0.15, 0.2) is 0 Å². The average molecular weight is 316 g/mol. The highest BCUT2D eigenvalue weighted by Crippen LogP contribution is 2.22. The summed E-state index contributed by atoms with van der Waals surface area (Å²) in [6, 6.07) is 5.31. The second-order valence-corrected chi connectivity index (χ2v) is 4.51. The Morgan fingerprint density at radius 3 is 2.89 bits per heavy atom. The number of rotatable bonds is 7. The van der Waals surface area contributed by atoms with Gasteiger partial charge in [-0.25, -0.2) is 0 Å². The van der Waals surface area contributed by atoms with Crippen molar-refractivity contribution < 1.29 is 14.3 Å². The summed E-state index contributed by atoms with van der Waals surface area (Å²) in [7, 11) is 1.58. The molecular formula is C13H18BrNO3. The molecule has 0 aliphatic carbocycles. The van der Waals surface area contributed by atoms with E-state index in [4.69, 9.17) is 9.47 Å². The first kappa shape index (κ1) is 15.0. The van der Waals surface area contributed by atoms with Crippen LogP contribution in [0.3, 0.4) is 0 Å². The molecule has 0 saturated carbocycles. The number of nitrogens with one attached hydrogen (secondary N) is 1. The topological polar surface area (TPSA) is 47.6 Å². The van der Waals surface area contributed by atoms with E-state index < -0.39 is 0 Å². The SMILES string of the molecule is CCOCCCNC(=O)c1cc(OC)ccc1Br. The van der Waals surface area contributed by atoms with Crippen molar-refractivity contribution >= 4 is 21.8 Å². The summed E-state index contributed by atoms with van der Waals surface area (Å²) in [6.07, 6.45) is 0.807. The molecule has 5 heteroatoms. The second kappa shape index (κ2) is 8.11. The minimum atomic E-state index is -0.114. The first-order valence-corrected chi connectivity index (χ1v) is 6.67. The third-order valence-corrected chi connectivity index (χ3v) is 3.06. The van der Waals surface area contributed by atoms with E-state index in [-0.39, 0.29) is 5.91 Å². The first-order chi connectivity index (χ1) is 8.69.